The number of halogens is 2. The van der Waals surface area contributed by atoms with E-state index in [9.17, 15) is 5.11 Å². The number of hydrogen-bond acceptors (Lipinski definition) is 1. The third-order valence-electron chi connectivity index (χ3n) is 7.56. The average molecular weight is 595 g/mol. The first-order valence-corrected chi connectivity index (χ1v) is 13.5. The Balaban J connectivity index is 1.67. The molecule has 0 saturated carbocycles. The van der Waals surface area contributed by atoms with Gasteiger partial charge >= 0.3 is 0 Å². The van der Waals surface area contributed by atoms with Gasteiger partial charge in [-0.3, -0.25) is 0 Å². The Labute approximate surface area is 226 Å². The van der Waals surface area contributed by atoms with Crippen LogP contribution in [0.5, 0.6) is 0 Å². The minimum atomic E-state index is -1.32. The van der Waals surface area contributed by atoms with Crippen LogP contribution in [0.15, 0.2) is 112 Å². The molecule has 36 heavy (non-hydrogen) atoms. The normalized spacial score (nSPS) is 16.4. The first-order chi connectivity index (χ1) is 17.5. The number of aryl methyl sites for hydroxylation is 1. The number of aromatic nitrogens is 1. The van der Waals surface area contributed by atoms with Gasteiger partial charge in [0, 0.05) is 49.0 Å². The number of rotatable bonds is 2. The monoisotopic (exact) mass is 593 g/mol. The number of benzene rings is 5. The first kappa shape index (κ1) is 22.1. The standard InChI is InChI=1S/C32H21Br2NO/c1-35-28-14-8-6-12-23(28)30-29-22-16-15-20(33)17-25(22)32(36,26(29)18-27(34)31(30)35)24-13-7-5-11-21(24)19-9-3-2-4-10-19/h2-18,36H,1H3/t32-/m1/s1. The molecular formula is C32H21Br2NO. The van der Waals surface area contributed by atoms with Gasteiger partial charge in [0.05, 0.1) is 5.52 Å². The largest absolute Gasteiger partial charge is 0.376 e. The summed E-state index contributed by atoms with van der Waals surface area (Å²) in [5.74, 6) is 0. The molecule has 0 spiro atoms. The van der Waals surface area contributed by atoms with Crippen LogP contribution in [-0.2, 0) is 12.6 Å². The van der Waals surface area contributed by atoms with Crippen LogP contribution >= 0.6 is 31.9 Å². The molecule has 0 bridgehead atoms. The van der Waals surface area contributed by atoms with Gasteiger partial charge in [-0.25, -0.2) is 0 Å². The average Bonchev–Trinajstić information content (AvgIpc) is 3.34. The Bertz CT molecular complexity index is 1840. The predicted octanol–water partition coefficient (Wildman–Crippen LogP) is 8.79. The molecule has 1 aromatic heterocycles. The summed E-state index contributed by atoms with van der Waals surface area (Å²) in [5.41, 5.74) is 7.90. The van der Waals surface area contributed by atoms with Crippen molar-refractivity contribution in [3.8, 4) is 22.3 Å². The molecule has 6 aromatic rings. The predicted molar refractivity (Wildman–Crippen MR) is 155 cm³/mol. The lowest BCUT2D eigenvalue weighted by Crippen LogP contribution is -2.27. The van der Waals surface area contributed by atoms with E-state index >= 15 is 0 Å². The Kier molecular flexibility index (Phi) is 4.84. The number of nitrogens with zero attached hydrogens (tertiary/aromatic N) is 1. The van der Waals surface area contributed by atoms with Crippen molar-refractivity contribution < 1.29 is 5.11 Å². The van der Waals surface area contributed by atoms with Crippen molar-refractivity contribution in [3.63, 3.8) is 0 Å². The third-order valence-corrected chi connectivity index (χ3v) is 8.65. The van der Waals surface area contributed by atoms with Crippen LogP contribution in [0.25, 0.3) is 44.1 Å². The SMILES string of the molecule is Cn1c2ccccc2c2c3c(cc(Br)c21)[C@@](O)(c1ccccc1-c1ccccc1)c1cc(Br)ccc1-3. The number of para-hydroxylation sites is 1. The van der Waals surface area contributed by atoms with Gasteiger partial charge in [0.1, 0.15) is 5.60 Å². The molecule has 1 N–H and O–H groups in total. The van der Waals surface area contributed by atoms with E-state index in [1.54, 1.807) is 0 Å². The molecule has 0 aliphatic heterocycles. The molecule has 1 heterocycles. The molecule has 1 atom stereocenters. The third kappa shape index (κ3) is 2.86. The maximum atomic E-state index is 12.9. The molecule has 1 aliphatic rings. The van der Waals surface area contributed by atoms with Crippen molar-refractivity contribution in [3.05, 3.63) is 129 Å². The van der Waals surface area contributed by atoms with Gasteiger partial charge in [-0.2, -0.15) is 0 Å². The smallest absolute Gasteiger partial charge is 0.142 e. The van der Waals surface area contributed by atoms with Gasteiger partial charge in [-0.05, 0) is 62.4 Å². The van der Waals surface area contributed by atoms with Gasteiger partial charge in [-0.15, -0.1) is 0 Å². The lowest BCUT2D eigenvalue weighted by Gasteiger charge is -2.29. The molecule has 4 heteroatoms. The van der Waals surface area contributed by atoms with Crippen molar-refractivity contribution in [1.29, 1.82) is 0 Å². The van der Waals surface area contributed by atoms with Crippen LogP contribution in [0.1, 0.15) is 16.7 Å². The van der Waals surface area contributed by atoms with E-state index in [1.807, 2.05) is 30.3 Å². The summed E-state index contributed by atoms with van der Waals surface area (Å²) in [7, 11) is 2.11. The molecule has 0 unspecified atom stereocenters. The van der Waals surface area contributed by atoms with E-state index < -0.39 is 5.60 Å². The second kappa shape index (κ2) is 7.91. The van der Waals surface area contributed by atoms with E-state index in [2.05, 4.69) is 116 Å². The fourth-order valence-electron chi connectivity index (χ4n) is 6.03. The summed E-state index contributed by atoms with van der Waals surface area (Å²) in [6, 6.07) is 35.4. The second-order valence-electron chi connectivity index (χ2n) is 9.39. The van der Waals surface area contributed by atoms with Crippen molar-refractivity contribution >= 4 is 53.7 Å². The van der Waals surface area contributed by atoms with E-state index in [4.69, 9.17) is 0 Å². The zero-order valence-electron chi connectivity index (χ0n) is 19.5. The highest BCUT2D eigenvalue weighted by molar-refractivity contribution is 9.11. The van der Waals surface area contributed by atoms with Gasteiger partial charge in [0.2, 0.25) is 0 Å². The zero-order chi connectivity index (χ0) is 24.6. The molecule has 0 amide bonds. The second-order valence-corrected chi connectivity index (χ2v) is 11.2. The summed E-state index contributed by atoms with van der Waals surface area (Å²) >= 11 is 7.57. The minimum Gasteiger partial charge on any atom is -0.376 e. The van der Waals surface area contributed by atoms with E-state index in [0.717, 1.165) is 58.8 Å². The van der Waals surface area contributed by atoms with Crippen LogP contribution in [0.3, 0.4) is 0 Å². The van der Waals surface area contributed by atoms with Gasteiger partial charge in [-0.1, -0.05) is 94.8 Å². The van der Waals surface area contributed by atoms with Crippen LogP contribution in [0.2, 0.25) is 0 Å². The first-order valence-electron chi connectivity index (χ1n) is 11.9. The number of fused-ring (bicyclic) bond motifs is 7. The fraction of sp³-hybridized carbons (Fsp3) is 0.0625. The van der Waals surface area contributed by atoms with Crippen LogP contribution in [0.4, 0.5) is 0 Å². The molecule has 0 saturated heterocycles. The molecule has 5 aromatic carbocycles. The quantitative estimate of drug-likeness (QED) is 0.213. The van der Waals surface area contributed by atoms with Crippen LogP contribution in [-0.4, -0.2) is 9.67 Å². The van der Waals surface area contributed by atoms with Crippen molar-refractivity contribution in [2.24, 2.45) is 7.05 Å². The Morgan fingerprint density at radius 2 is 1.42 bits per heavy atom. The molecule has 1 aliphatic carbocycles. The van der Waals surface area contributed by atoms with Gasteiger partial charge in [0.15, 0.2) is 0 Å². The van der Waals surface area contributed by atoms with E-state index in [-0.39, 0.29) is 0 Å². The molecule has 2 nitrogen and oxygen atoms in total. The highest BCUT2D eigenvalue weighted by atomic mass is 79.9. The van der Waals surface area contributed by atoms with E-state index in [1.165, 1.54) is 10.9 Å². The van der Waals surface area contributed by atoms with Crippen LogP contribution < -0.4 is 0 Å². The highest BCUT2D eigenvalue weighted by Gasteiger charge is 2.46. The molecule has 0 fully saturated rings. The zero-order valence-corrected chi connectivity index (χ0v) is 22.6. The number of aliphatic hydroxyl groups is 1. The van der Waals surface area contributed by atoms with Gasteiger partial charge < -0.3 is 9.67 Å². The summed E-state index contributed by atoms with van der Waals surface area (Å²) < 4.78 is 4.15. The van der Waals surface area contributed by atoms with E-state index in [0.29, 0.717) is 0 Å². The Morgan fingerprint density at radius 1 is 0.694 bits per heavy atom. The fourth-order valence-corrected chi connectivity index (χ4v) is 7.08. The summed E-state index contributed by atoms with van der Waals surface area (Å²) in [6.07, 6.45) is 0. The minimum absolute atomic E-state index is 0.876. The maximum Gasteiger partial charge on any atom is 0.142 e. The Hall–Kier alpha value is -3.18. The van der Waals surface area contributed by atoms with Crippen molar-refractivity contribution in [1.82, 2.24) is 4.57 Å². The summed E-state index contributed by atoms with van der Waals surface area (Å²) in [5, 5.41) is 15.3. The van der Waals surface area contributed by atoms with Gasteiger partial charge in [0.25, 0.3) is 0 Å². The van der Waals surface area contributed by atoms with Crippen molar-refractivity contribution in [2.45, 2.75) is 5.60 Å². The molecule has 0 radical (unpaired) electrons. The topological polar surface area (TPSA) is 25.2 Å². The molecule has 7 rings (SSSR count). The summed E-state index contributed by atoms with van der Waals surface area (Å²) in [4.78, 5) is 0. The molecular weight excluding hydrogens is 574 g/mol. The summed E-state index contributed by atoms with van der Waals surface area (Å²) in [6.45, 7) is 0. The highest BCUT2D eigenvalue weighted by Crippen LogP contribution is 2.57. The van der Waals surface area contributed by atoms with Crippen molar-refractivity contribution in [2.75, 3.05) is 0 Å². The molecule has 174 valence electrons. The maximum absolute atomic E-state index is 12.9. The van der Waals surface area contributed by atoms with Crippen LogP contribution in [0, 0.1) is 0 Å². The lowest BCUT2D eigenvalue weighted by molar-refractivity contribution is 0.131. The Morgan fingerprint density at radius 3 is 2.25 bits per heavy atom. The lowest BCUT2D eigenvalue weighted by atomic mass is 9.80. The number of hydrogen-bond donors (Lipinski definition) is 1.